The van der Waals surface area contributed by atoms with Gasteiger partial charge in [-0.1, -0.05) is 19.0 Å². The molecule has 1 fully saturated rings. The first kappa shape index (κ1) is 12.5. The molecule has 0 radical (unpaired) electrons. The number of aromatic nitrogens is 2. The van der Waals surface area contributed by atoms with Crippen molar-refractivity contribution >= 4 is 0 Å². The van der Waals surface area contributed by atoms with Gasteiger partial charge in [-0.3, -0.25) is 4.90 Å². The summed E-state index contributed by atoms with van der Waals surface area (Å²) in [7, 11) is 2.06. The molecule has 1 atom stereocenters. The Morgan fingerprint density at radius 1 is 1.47 bits per heavy atom. The van der Waals surface area contributed by atoms with Gasteiger partial charge in [0.2, 0.25) is 5.89 Å². The quantitative estimate of drug-likeness (QED) is 0.784. The molecule has 1 aromatic rings. The fourth-order valence-electron chi connectivity index (χ4n) is 2.01. The van der Waals surface area contributed by atoms with E-state index in [0.29, 0.717) is 17.9 Å². The van der Waals surface area contributed by atoms with E-state index in [2.05, 4.69) is 22.1 Å². The molecule has 1 aromatic heterocycles. The van der Waals surface area contributed by atoms with Gasteiger partial charge < -0.3 is 9.26 Å². The first-order valence-corrected chi connectivity index (χ1v) is 6.27. The fourth-order valence-corrected chi connectivity index (χ4v) is 2.01. The maximum atomic E-state index is 5.60. The molecule has 0 aromatic carbocycles. The van der Waals surface area contributed by atoms with Crippen LogP contribution in [-0.4, -0.2) is 41.3 Å². The van der Waals surface area contributed by atoms with Gasteiger partial charge in [-0.2, -0.15) is 4.98 Å². The molecule has 2 heterocycles. The van der Waals surface area contributed by atoms with Gasteiger partial charge in [-0.25, -0.2) is 0 Å². The molecule has 2 rings (SSSR count). The van der Waals surface area contributed by atoms with E-state index in [4.69, 9.17) is 9.26 Å². The second-order valence-corrected chi connectivity index (χ2v) is 5.04. The highest BCUT2D eigenvalue weighted by Gasteiger charge is 2.18. The molecule has 5 nitrogen and oxygen atoms in total. The summed E-state index contributed by atoms with van der Waals surface area (Å²) in [6.07, 6.45) is 2.71. The minimum atomic E-state index is 0.291. The molecule has 1 saturated heterocycles. The molecule has 0 spiro atoms. The fraction of sp³-hybridized carbons (Fsp3) is 0.833. The van der Waals surface area contributed by atoms with E-state index < -0.39 is 0 Å². The molecule has 0 aliphatic carbocycles. The van der Waals surface area contributed by atoms with E-state index in [1.807, 2.05) is 13.8 Å². The molecule has 0 amide bonds. The van der Waals surface area contributed by atoms with Gasteiger partial charge >= 0.3 is 0 Å². The van der Waals surface area contributed by atoms with Crippen LogP contribution in [0.3, 0.4) is 0 Å². The van der Waals surface area contributed by atoms with Crippen LogP contribution in [0, 0.1) is 0 Å². The summed E-state index contributed by atoms with van der Waals surface area (Å²) in [4.78, 5) is 6.55. The molecule has 0 N–H and O–H groups in total. The topological polar surface area (TPSA) is 51.4 Å². The number of likely N-dealkylation sites (N-methyl/N-ethyl adjacent to an activating group) is 1. The summed E-state index contributed by atoms with van der Waals surface area (Å²) >= 11 is 0. The summed E-state index contributed by atoms with van der Waals surface area (Å²) < 4.78 is 10.8. The average Bonchev–Trinajstić information content (AvgIpc) is 2.88. The SMILES string of the molecule is CC(C)c1nc(CN(C)C[C@@H]2CCCO2)no1. The van der Waals surface area contributed by atoms with Crippen LogP contribution in [0.25, 0.3) is 0 Å². The molecule has 0 saturated carbocycles. The van der Waals surface area contributed by atoms with E-state index in [9.17, 15) is 0 Å². The van der Waals surface area contributed by atoms with Gasteiger partial charge in [-0.05, 0) is 19.9 Å². The third-order valence-electron chi connectivity index (χ3n) is 2.93. The summed E-state index contributed by atoms with van der Waals surface area (Å²) in [5, 5.41) is 3.98. The second-order valence-electron chi connectivity index (χ2n) is 5.04. The minimum absolute atomic E-state index is 0.291. The number of ether oxygens (including phenoxy) is 1. The highest BCUT2D eigenvalue weighted by Crippen LogP contribution is 2.14. The summed E-state index contributed by atoms with van der Waals surface area (Å²) in [5.74, 6) is 1.76. The van der Waals surface area contributed by atoms with Gasteiger partial charge in [0, 0.05) is 19.1 Å². The van der Waals surface area contributed by atoms with Crippen molar-refractivity contribution in [3.8, 4) is 0 Å². The van der Waals surface area contributed by atoms with E-state index in [1.165, 1.54) is 6.42 Å². The van der Waals surface area contributed by atoms with Crippen molar-refractivity contribution in [2.45, 2.75) is 45.3 Å². The van der Waals surface area contributed by atoms with Crippen LogP contribution < -0.4 is 0 Å². The second kappa shape index (κ2) is 5.60. The lowest BCUT2D eigenvalue weighted by atomic mass is 10.2. The van der Waals surface area contributed by atoms with E-state index >= 15 is 0 Å². The maximum absolute atomic E-state index is 5.60. The van der Waals surface area contributed by atoms with Gasteiger partial charge in [-0.15, -0.1) is 0 Å². The molecule has 5 heteroatoms. The van der Waals surface area contributed by atoms with Crippen LogP contribution in [0.1, 0.15) is 44.3 Å². The van der Waals surface area contributed by atoms with Gasteiger partial charge in [0.05, 0.1) is 12.6 Å². The zero-order chi connectivity index (χ0) is 12.3. The molecule has 0 unspecified atom stereocenters. The van der Waals surface area contributed by atoms with Crippen molar-refractivity contribution in [1.29, 1.82) is 0 Å². The van der Waals surface area contributed by atoms with E-state index in [0.717, 1.165) is 31.9 Å². The standard InChI is InChI=1S/C12H21N3O2/c1-9(2)12-13-11(14-17-12)8-15(3)7-10-5-4-6-16-10/h9-10H,4-8H2,1-3H3/t10-/m0/s1. The predicted molar refractivity (Wildman–Crippen MR) is 63.7 cm³/mol. The molecule has 0 bridgehead atoms. The van der Waals surface area contributed by atoms with Crippen molar-refractivity contribution in [1.82, 2.24) is 15.0 Å². The van der Waals surface area contributed by atoms with Crippen molar-refractivity contribution in [2.75, 3.05) is 20.2 Å². The Morgan fingerprint density at radius 2 is 2.29 bits per heavy atom. The molecule has 1 aliphatic heterocycles. The number of hydrogen-bond donors (Lipinski definition) is 0. The van der Waals surface area contributed by atoms with E-state index in [1.54, 1.807) is 0 Å². The Hall–Kier alpha value is -0.940. The molecule has 17 heavy (non-hydrogen) atoms. The number of rotatable bonds is 5. The Balaban J connectivity index is 1.82. The lowest BCUT2D eigenvalue weighted by Gasteiger charge is -2.18. The third-order valence-corrected chi connectivity index (χ3v) is 2.93. The van der Waals surface area contributed by atoms with Gasteiger partial charge in [0.25, 0.3) is 0 Å². The zero-order valence-electron chi connectivity index (χ0n) is 10.8. The van der Waals surface area contributed by atoms with Crippen LogP contribution in [0.2, 0.25) is 0 Å². The van der Waals surface area contributed by atoms with Crippen LogP contribution in [0.5, 0.6) is 0 Å². The molecular weight excluding hydrogens is 218 g/mol. The van der Waals surface area contributed by atoms with Crippen LogP contribution in [0.4, 0.5) is 0 Å². The molecule has 1 aliphatic rings. The van der Waals surface area contributed by atoms with Crippen molar-refractivity contribution < 1.29 is 9.26 Å². The Kier molecular flexibility index (Phi) is 4.12. The van der Waals surface area contributed by atoms with Crippen LogP contribution in [0.15, 0.2) is 4.52 Å². The normalized spacial score (nSPS) is 20.6. The smallest absolute Gasteiger partial charge is 0.229 e. The van der Waals surface area contributed by atoms with Crippen LogP contribution >= 0.6 is 0 Å². The molecule has 96 valence electrons. The summed E-state index contributed by atoms with van der Waals surface area (Å²) in [6, 6.07) is 0. The summed E-state index contributed by atoms with van der Waals surface area (Å²) in [6.45, 7) is 6.65. The number of nitrogens with zero attached hydrogens (tertiary/aromatic N) is 3. The minimum Gasteiger partial charge on any atom is -0.377 e. The lowest BCUT2D eigenvalue weighted by Crippen LogP contribution is -2.28. The van der Waals surface area contributed by atoms with Crippen molar-refractivity contribution in [3.05, 3.63) is 11.7 Å². The lowest BCUT2D eigenvalue weighted by molar-refractivity contribution is 0.0784. The highest BCUT2D eigenvalue weighted by atomic mass is 16.5. The summed E-state index contributed by atoms with van der Waals surface area (Å²) in [5.41, 5.74) is 0. The largest absolute Gasteiger partial charge is 0.377 e. The third kappa shape index (κ3) is 3.51. The first-order chi connectivity index (χ1) is 8.15. The molecular formula is C12H21N3O2. The Morgan fingerprint density at radius 3 is 2.88 bits per heavy atom. The van der Waals surface area contributed by atoms with Crippen molar-refractivity contribution in [3.63, 3.8) is 0 Å². The highest BCUT2D eigenvalue weighted by molar-refractivity contribution is 4.90. The zero-order valence-corrected chi connectivity index (χ0v) is 10.8. The van der Waals surface area contributed by atoms with E-state index in [-0.39, 0.29) is 0 Å². The maximum Gasteiger partial charge on any atom is 0.229 e. The average molecular weight is 239 g/mol. The van der Waals surface area contributed by atoms with Gasteiger partial charge in [0.15, 0.2) is 5.82 Å². The monoisotopic (exact) mass is 239 g/mol. The van der Waals surface area contributed by atoms with Gasteiger partial charge in [0.1, 0.15) is 0 Å². The first-order valence-electron chi connectivity index (χ1n) is 6.27. The predicted octanol–water partition coefficient (Wildman–Crippen LogP) is 1.80. The number of hydrogen-bond acceptors (Lipinski definition) is 5. The van der Waals surface area contributed by atoms with Crippen molar-refractivity contribution in [2.24, 2.45) is 0 Å². The Bertz CT molecular complexity index is 345. The Labute approximate surface area is 102 Å². The van der Waals surface area contributed by atoms with Crippen LogP contribution in [-0.2, 0) is 11.3 Å².